The highest BCUT2D eigenvalue weighted by atomic mass is 32.2. The zero-order valence-electron chi connectivity index (χ0n) is 20.4. The van der Waals surface area contributed by atoms with Crippen LogP contribution in [0.4, 0.5) is 5.69 Å². The molecule has 0 radical (unpaired) electrons. The van der Waals surface area contributed by atoms with Crippen molar-refractivity contribution in [1.82, 2.24) is 13.9 Å². The van der Waals surface area contributed by atoms with Crippen LogP contribution in [-0.2, 0) is 44.2 Å². The highest BCUT2D eigenvalue weighted by Crippen LogP contribution is 2.27. The van der Waals surface area contributed by atoms with E-state index in [1.54, 1.807) is 24.0 Å². The minimum atomic E-state index is -3.57. The first-order chi connectivity index (χ1) is 16.6. The van der Waals surface area contributed by atoms with Gasteiger partial charge in [-0.1, -0.05) is 18.2 Å². The van der Waals surface area contributed by atoms with Gasteiger partial charge in [0.05, 0.1) is 22.3 Å². The second-order valence-corrected chi connectivity index (χ2v) is 11.0. The molecule has 0 saturated carbocycles. The van der Waals surface area contributed by atoms with Crippen LogP contribution in [0.3, 0.4) is 0 Å². The number of fused-ring (bicyclic) bond motifs is 2. The molecule has 4 rings (SSSR count). The number of anilines is 1. The summed E-state index contributed by atoms with van der Waals surface area (Å²) >= 11 is 0. The molecular formula is C25H30N4O5S. The number of aromatic nitrogens is 2. The van der Waals surface area contributed by atoms with Crippen LogP contribution in [0.5, 0.6) is 0 Å². The maximum atomic E-state index is 13.0. The van der Waals surface area contributed by atoms with Crippen molar-refractivity contribution in [3.63, 3.8) is 0 Å². The molecule has 2 heterocycles. The number of hydrogen-bond acceptors (Lipinski definition) is 6. The quantitative estimate of drug-likeness (QED) is 0.464. The van der Waals surface area contributed by atoms with Crippen molar-refractivity contribution < 1.29 is 22.7 Å². The maximum Gasteiger partial charge on any atom is 0.307 e. The lowest BCUT2D eigenvalue weighted by Gasteiger charge is -2.31. The molecule has 9 nitrogen and oxygen atoms in total. The molecule has 2 aromatic carbocycles. The smallest absolute Gasteiger partial charge is 0.307 e. The number of esters is 1. The Hall–Kier alpha value is -3.24. The van der Waals surface area contributed by atoms with Crippen molar-refractivity contribution in [2.75, 3.05) is 25.5 Å². The number of carbonyl (C=O) groups is 2. The van der Waals surface area contributed by atoms with E-state index in [2.05, 4.69) is 4.98 Å². The molecule has 0 aliphatic carbocycles. The van der Waals surface area contributed by atoms with Crippen molar-refractivity contribution in [3.05, 3.63) is 53.9 Å². The molecule has 35 heavy (non-hydrogen) atoms. The number of ether oxygens (including phenoxy) is 1. The lowest BCUT2D eigenvalue weighted by Crippen LogP contribution is -2.42. The van der Waals surface area contributed by atoms with Gasteiger partial charge in [-0.15, -0.1) is 0 Å². The molecule has 1 atom stereocenters. The van der Waals surface area contributed by atoms with Crippen LogP contribution in [0.1, 0.15) is 31.2 Å². The second-order valence-electron chi connectivity index (χ2n) is 8.88. The monoisotopic (exact) mass is 498 g/mol. The standard InChI is InChI=1S/C25H30N4O5S/c1-17(25(31)29-15-7-9-18-8-5-6-10-21(18)29)34-24(30)14-13-23-26-20-16-19(35(32,33)27(2)3)11-12-22(20)28(23)4/h5-6,8,10-12,16-17H,7,9,13-15H2,1-4H3/t17-/m1/s1. The van der Waals surface area contributed by atoms with Gasteiger partial charge in [0.1, 0.15) is 5.82 Å². The number of imidazole rings is 1. The van der Waals surface area contributed by atoms with E-state index < -0.39 is 22.1 Å². The van der Waals surface area contributed by atoms with Gasteiger partial charge in [0.25, 0.3) is 5.91 Å². The first kappa shape index (κ1) is 24.9. The van der Waals surface area contributed by atoms with E-state index in [0.717, 1.165) is 33.9 Å². The third kappa shape index (κ3) is 4.94. The Bertz CT molecular complexity index is 1380. The molecule has 0 saturated heterocycles. The second kappa shape index (κ2) is 9.79. The lowest BCUT2D eigenvalue weighted by molar-refractivity contribution is -0.153. The Morgan fingerprint density at radius 1 is 1.17 bits per heavy atom. The van der Waals surface area contributed by atoms with Crippen molar-refractivity contribution in [2.24, 2.45) is 7.05 Å². The summed E-state index contributed by atoms with van der Waals surface area (Å²) in [6.45, 7) is 2.20. The normalized spacial score (nSPS) is 14.7. The molecule has 3 aromatic rings. The summed E-state index contributed by atoms with van der Waals surface area (Å²) in [6, 6.07) is 12.6. The molecule has 0 fully saturated rings. The minimum Gasteiger partial charge on any atom is -0.453 e. The number of para-hydroxylation sites is 1. The van der Waals surface area contributed by atoms with E-state index in [1.165, 1.54) is 20.2 Å². The lowest BCUT2D eigenvalue weighted by atomic mass is 10.0. The fourth-order valence-corrected chi connectivity index (χ4v) is 5.25. The predicted molar refractivity (Wildman–Crippen MR) is 133 cm³/mol. The number of rotatable bonds is 7. The number of aryl methyl sites for hydroxylation is 3. The SMILES string of the molecule is C[C@@H](OC(=O)CCc1nc2cc(S(=O)(=O)N(C)C)ccc2n1C)C(=O)N1CCCc2ccccc21. The van der Waals surface area contributed by atoms with Gasteiger partial charge < -0.3 is 14.2 Å². The third-order valence-electron chi connectivity index (χ3n) is 6.31. The first-order valence-electron chi connectivity index (χ1n) is 11.6. The topological polar surface area (TPSA) is 102 Å². The number of hydrogen-bond donors (Lipinski definition) is 0. The van der Waals surface area contributed by atoms with E-state index in [9.17, 15) is 18.0 Å². The van der Waals surface area contributed by atoms with E-state index in [-0.39, 0.29) is 17.2 Å². The summed E-state index contributed by atoms with van der Waals surface area (Å²) in [5.41, 5.74) is 3.29. The average Bonchev–Trinajstić information content (AvgIpc) is 3.16. The number of sulfonamides is 1. The summed E-state index contributed by atoms with van der Waals surface area (Å²) in [5.74, 6) is -0.0952. The van der Waals surface area contributed by atoms with Gasteiger partial charge in [-0.2, -0.15) is 0 Å². The Morgan fingerprint density at radius 3 is 2.66 bits per heavy atom. The molecule has 0 unspecified atom stereocenters. The fourth-order valence-electron chi connectivity index (χ4n) is 4.33. The van der Waals surface area contributed by atoms with Crippen LogP contribution >= 0.6 is 0 Å². The molecule has 0 spiro atoms. The minimum absolute atomic E-state index is 0.0498. The van der Waals surface area contributed by atoms with E-state index in [4.69, 9.17) is 4.74 Å². The molecule has 1 aliphatic rings. The van der Waals surface area contributed by atoms with Crippen molar-refractivity contribution >= 4 is 38.6 Å². The van der Waals surface area contributed by atoms with Crippen molar-refractivity contribution in [1.29, 1.82) is 0 Å². The van der Waals surface area contributed by atoms with Crippen LogP contribution in [-0.4, -0.2) is 60.9 Å². The zero-order valence-corrected chi connectivity index (χ0v) is 21.2. The third-order valence-corrected chi connectivity index (χ3v) is 8.12. The first-order valence-corrected chi connectivity index (χ1v) is 13.0. The Balaban J connectivity index is 1.41. The molecule has 1 aliphatic heterocycles. The highest BCUT2D eigenvalue weighted by Gasteiger charge is 2.28. The van der Waals surface area contributed by atoms with Crippen LogP contribution in [0.15, 0.2) is 47.4 Å². The van der Waals surface area contributed by atoms with Crippen molar-refractivity contribution in [3.8, 4) is 0 Å². The Kier molecular flexibility index (Phi) is 6.95. The Labute approximate surface area is 205 Å². The number of amides is 1. The number of benzene rings is 2. The van der Waals surface area contributed by atoms with Gasteiger partial charge in [0.2, 0.25) is 10.0 Å². The number of nitrogens with zero attached hydrogens (tertiary/aromatic N) is 4. The van der Waals surface area contributed by atoms with Gasteiger partial charge in [0, 0.05) is 39.8 Å². The molecule has 0 N–H and O–H groups in total. The van der Waals surface area contributed by atoms with Gasteiger partial charge >= 0.3 is 5.97 Å². The average molecular weight is 499 g/mol. The van der Waals surface area contributed by atoms with Gasteiger partial charge in [-0.25, -0.2) is 17.7 Å². The summed E-state index contributed by atoms with van der Waals surface area (Å²) in [7, 11) is 1.20. The summed E-state index contributed by atoms with van der Waals surface area (Å²) in [6.07, 6.45) is 1.25. The molecule has 186 valence electrons. The maximum absolute atomic E-state index is 13.0. The zero-order chi connectivity index (χ0) is 25.3. The van der Waals surface area contributed by atoms with Crippen molar-refractivity contribution in [2.45, 2.75) is 43.6 Å². The fraction of sp³-hybridized carbons (Fsp3) is 0.400. The highest BCUT2D eigenvalue weighted by molar-refractivity contribution is 7.89. The summed E-state index contributed by atoms with van der Waals surface area (Å²) in [5, 5.41) is 0. The van der Waals surface area contributed by atoms with E-state index in [1.807, 2.05) is 35.9 Å². The van der Waals surface area contributed by atoms with E-state index in [0.29, 0.717) is 24.3 Å². The van der Waals surface area contributed by atoms with Gasteiger partial charge in [-0.3, -0.25) is 9.59 Å². The summed E-state index contributed by atoms with van der Waals surface area (Å²) in [4.78, 5) is 31.9. The largest absolute Gasteiger partial charge is 0.453 e. The van der Waals surface area contributed by atoms with E-state index >= 15 is 0 Å². The molecule has 1 amide bonds. The van der Waals surface area contributed by atoms with Gasteiger partial charge in [-0.05, 0) is 49.6 Å². The molecule has 0 bridgehead atoms. The summed E-state index contributed by atoms with van der Waals surface area (Å²) < 4.78 is 33.3. The molecule has 1 aromatic heterocycles. The predicted octanol–water partition coefficient (Wildman–Crippen LogP) is 2.67. The molecule has 10 heteroatoms. The molecular weight excluding hydrogens is 468 g/mol. The van der Waals surface area contributed by atoms with Crippen LogP contribution in [0, 0.1) is 0 Å². The van der Waals surface area contributed by atoms with Crippen LogP contribution in [0.25, 0.3) is 11.0 Å². The van der Waals surface area contributed by atoms with Crippen LogP contribution < -0.4 is 4.90 Å². The van der Waals surface area contributed by atoms with Crippen LogP contribution in [0.2, 0.25) is 0 Å². The van der Waals surface area contributed by atoms with Gasteiger partial charge in [0.15, 0.2) is 6.10 Å². The number of carbonyl (C=O) groups excluding carboxylic acids is 2. The Morgan fingerprint density at radius 2 is 1.91 bits per heavy atom.